The van der Waals surface area contributed by atoms with Crippen LogP contribution in [0.2, 0.25) is 0 Å². The molecule has 2 N–H and O–H groups in total. The molecular formula is C15H25N5O. The molecule has 2 aliphatic rings. The SMILES string of the molecule is O=C(CCN1CCC(c2cnc[nH]2)CC1)N1CCNCC1. The molecule has 0 bridgehead atoms. The second-order valence-corrected chi connectivity index (χ2v) is 6.00. The number of nitrogens with one attached hydrogen (secondary N) is 2. The van der Waals surface area contributed by atoms with E-state index in [1.54, 1.807) is 6.33 Å². The van der Waals surface area contributed by atoms with Gasteiger partial charge in [0.2, 0.25) is 5.91 Å². The molecule has 116 valence electrons. The molecule has 3 rings (SSSR count). The zero-order valence-electron chi connectivity index (χ0n) is 12.6. The molecule has 0 saturated carbocycles. The number of aromatic amines is 1. The number of carbonyl (C=O) groups excluding carboxylic acids is 1. The largest absolute Gasteiger partial charge is 0.348 e. The summed E-state index contributed by atoms with van der Waals surface area (Å²) in [6.07, 6.45) is 6.67. The van der Waals surface area contributed by atoms with E-state index in [9.17, 15) is 4.79 Å². The van der Waals surface area contributed by atoms with Gasteiger partial charge in [-0.3, -0.25) is 4.79 Å². The molecule has 21 heavy (non-hydrogen) atoms. The molecule has 2 saturated heterocycles. The quantitative estimate of drug-likeness (QED) is 0.843. The number of imidazole rings is 1. The van der Waals surface area contributed by atoms with E-state index in [-0.39, 0.29) is 0 Å². The maximum Gasteiger partial charge on any atom is 0.223 e. The number of amides is 1. The lowest BCUT2D eigenvalue weighted by Crippen LogP contribution is -2.47. The number of hydrogen-bond donors (Lipinski definition) is 2. The van der Waals surface area contributed by atoms with Gasteiger partial charge >= 0.3 is 0 Å². The van der Waals surface area contributed by atoms with Crippen molar-refractivity contribution in [2.45, 2.75) is 25.2 Å². The molecule has 6 nitrogen and oxygen atoms in total. The lowest BCUT2D eigenvalue weighted by Gasteiger charge is -2.32. The summed E-state index contributed by atoms with van der Waals surface area (Å²) < 4.78 is 0. The maximum atomic E-state index is 12.2. The topological polar surface area (TPSA) is 64.3 Å². The van der Waals surface area contributed by atoms with Gasteiger partial charge in [0, 0.05) is 57.0 Å². The van der Waals surface area contributed by atoms with Crippen molar-refractivity contribution in [3.63, 3.8) is 0 Å². The fraction of sp³-hybridized carbons (Fsp3) is 0.733. The molecule has 0 spiro atoms. The maximum absolute atomic E-state index is 12.2. The highest BCUT2D eigenvalue weighted by molar-refractivity contribution is 5.76. The van der Waals surface area contributed by atoms with Crippen LogP contribution in [0.15, 0.2) is 12.5 Å². The summed E-state index contributed by atoms with van der Waals surface area (Å²) >= 11 is 0. The zero-order valence-corrected chi connectivity index (χ0v) is 12.6. The van der Waals surface area contributed by atoms with E-state index >= 15 is 0 Å². The Morgan fingerprint density at radius 3 is 2.67 bits per heavy atom. The second kappa shape index (κ2) is 7.04. The molecule has 0 aliphatic carbocycles. The van der Waals surface area contributed by atoms with E-state index in [4.69, 9.17) is 0 Å². The highest BCUT2D eigenvalue weighted by atomic mass is 16.2. The van der Waals surface area contributed by atoms with Gasteiger partial charge in [0.05, 0.1) is 6.33 Å². The average molecular weight is 291 g/mol. The minimum Gasteiger partial charge on any atom is -0.348 e. The standard InChI is InChI=1S/C15H25N5O/c21-15(20-9-4-16-5-10-20)3-8-19-6-1-13(2-7-19)14-11-17-12-18-14/h11-13,16H,1-10H2,(H,17,18). The van der Waals surface area contributed by atoms with Gasteiger partial charge in [0.25, 0.3) is 0 Å². The third kappa shape index (κ3) is 3.83. The zero-order chi connectivity index (χ0) is 14.5. The lowest BCUT2D eigenvalue weighted by molar-refractivity contribution is -0.132. The Morgan fingerprint density at radius 1 is 1.24 bits per heavy atom. The summed E-state index contributed by atoms with van der Waals surface area (Å²) in [5.74, 6) is 0.916. The molecule has 1 aromatic rings. The molecule has 6 heteroatoms. The number of rotatable bonds is 4. The number of H-pyrrole nitrogens is 1. The van der Waals surface area contributed by atoms with Crippen LogP contribution in [0.25, 0.3) is 0 Å². The Balaban J connectivity index is 1.38. The molecule has 0 atom stereocenters. The fourth-order valence-electron chi connectivity index (χ4n) is 3.28. The van der Waals surface area contributed by atoms with Crippen molar-refractivity contribution in [2.24, 2.45) is 0 Å². The third-order valence-electron chi connectivity index (χ3n) is 4.66. The minimum absolute atomic E-state index is 0.312. The number of piperazine rings is 1. The van der Waals surface area contributed by atoms with Gasteiger partial charge in [-0.05, 0) is 25.9 Å². The van der Waals surface area contributed by atoms with Gasteiger partial charge in [-0.2, -0.15) is 0 Å². The lowest BCUT2D eigenvalue weighted by atomic mass is 9.94. The van der Waals surface area contributed by atoms with Crippen LogP contribution in [-0.4, -0.2) is 71.5 Å². The first-order valence-corrected chi connectivity index (χ1v) is 8.02. The van der Waals surface area contributed by atoms with Crippen molar-refractivity contribution in [1.82, 2.24) is 25.1 Å². The Kier molecular flexibility index (Phi) is 4.87. The number of nitrogens with zero attached hydrogens (tertiary/aromatic N) is 3. The Morgan fingerprint density at radius 2 is 2.00 bits per heavy atom. The third-order valence-corrected chi connectivity index (χ3v) is 4.66. The monoisotopic (exact) mass is 291 g/mol. The predicted molar refractivity (Wildman–Crippen MR) is 81.1 cm³/mol. The summed E-state index contributed by atoms with van der Waals surface area (Å²) in [5.41, 5.74) is 1.26. The number of carbonyl (C=O) groups is 1. The van der Waals surface area contributed by atoms with Crippen LogP contribution in [-0.2, 0) is 4.79 Å². The Hall–Kier alpha value is -1.40. The van der Waals surface area contributed by atoms with Crippen LogP contribution in [0.4, 0.5) is 0 Å². The first-order valence-electron chi connectivity index (χ1n) is 8.02. The van der Waals surface area contributed by atoms with Crippen molar-refractivity contribution < 1.29 is 4.79 Å². The van der Waals surface area contributed by atoms with Gasteiger partial charge in [-0.15, -0.1) is 0 Å². The Labute approximate surface area is 125 Å². The number of piperidine rings is 1. The van der Waals surface area contributed by atoms with Crippen LogP contribution in [0.1, 0.15) is 30.9 Å². The van der Waals surface area contributed by atoms with Crippen molar-refractivity contribution >= 4 is 5.91 Å². The van der Waals surface area contributed by atoms with Gasteiger partial charge in [-0.1, -0.05) is 0 Å². The molecule has 1 amide bonds. The van der Waals surface area contributed by atoms with E-state index in [1.807, 2.05) is 11.1 Å². The average Bonchev–Trinajstić information content (AvgIpc) is 3.08. The predicted octanol–water partition coefficient (Wildman–Crippen LogP) is 0.411. The van der Waals surface area contributed by atoms with E-state index in [1.165, 1.54) is 5.69 Å². The van der Waals surface area contributed by atoms with E-state index in [0.717, 1.165) is 58.7 Å². The minimum atomic E-state index is 0.312. The number of hydrogen-bond acceptors (Lipinski definition) is 4. The molecule has 0 aromatic carbocycles. The van der Waals surface area contributed by atoms with Gasteiger partial charge in [-0.25, -0.2) is 4.98 Å². The second-order valence-electron chi connectivity index (χ2n) is 6.00. The van der Waals surface area contributed by atoms with Gasteiger partial charge in [0.15, 0.2) is 0 Å². The van der Waals surface area contributed by atoms with E-state index < -0.39 is 0 Å². The Bertz CT molecular complexity index is 433. The van der Waals surface area contributed by atoms with E-state index in [0.29, 0.717) is 18.2 Å². The molecule has 3 heterocycles. The normalized spacial score (nSPS) is 21.6. The summed E-state index contributed by atoms with van der Waals surface area (Å²) in [6, 6.07) is 0. The van der Waals surface area contributed by atoms with Gasteiger partial charge < -0.3 is 20.1 Å². The number of likely N-dealkylation sites (tertiary alicyclic amines) is 1. The summed E-state index contributed by atoms with van der Waals surface area (Å²) in [5, 5.41) is 3.28. The fourth-order valence-corrected chi connectivity index (χ4v) is 3.28. The van der Waals surface area contributed by atoms with Crippen molar-refractivity contribution in [3.05, 3.63) is 18.2 Å². The number of aromatic nitrogens is 2. The van der Waals surface area contributed by atoms with Crippen LogP contribution < -0.4 is 5.32 Å². The van der Waals surface area contributed by atoms with Crippen LogP contribution in [0.5, 0.6) is 0 Å². The summed E-state index contributed by atoms with van der Waals surface area (Å²) in [6.45, 7) is 6.65. The summed E-state index contributed by atoms with van der Waals surface area (Å²) in [7, 11) is 0. The van der Waals surface area contributed by atoms with Crippen molar-refractivity contribution in [2.75, 3.05) is 45.8 Å². The molecule has 1 aromatic heterocycles. The van der Waals surface area contributed by atoms with Crippen molar-refractivity contribution in [1.29, 1.82) is 0 Å². The van der Waals surface area contributed by atoms with Crippen molar-refractivity contribution in [3.8, 4) is 0 Å². The molecule has 2 aliphatic heterocycles. The molecule has 2 fully saturated rings. The first kappa shape index (κ1) is 14.5. The van der Waals surface area contributed by atoms with Crippen LogP contribution >= 0.6 is 0 Å². The molecule has 0 radical (unpaired) electrons. The van der Waals surface area contributed by atoms with Crippen LogP contribution in [0.3, 0.4) is 0 Å². The molecular weight excluding hydrogens is 266 g/mol. The van der Waals surface area contributed by atoms with Crippen LogP contribution in [0, 0.1) is 0 Å². The highest BCUT2D eigenvalue weighted by Crippen LogP contribution is 2.26. The highest BCUT2D eigenvalue weighted by Gasteiger charge is 2.23. The molecule has 0 unspecified atom stereocenters. The first-order chi connectivity index (χ1) is 10.3. The van der Waals surface area contributed by atoms with E-state index in [2.05, 4.69) is 20.2 Å². The van der Waals surface area contributed by atoms with Gasteiger partial charge in [0.1, 0.15) is 0 Å². The summed E-state index contributed by atoms with van der Waals surface area (Å²) in [4.78, 5) is 23.9. The smallest absolute Gasteiger partial charge is 0.223 e.